The molecule has 0 spiro atoms. The Morgan fingerprint density at radius 1 is 0.525 bits per heavy atom. The van der Waals surface area contributed by atoms with Gasteiger partial charge in [-0.3, -0.25) is 0 Å². The van der Waals surface area contributed by atoms with Crippen molar-refractivity contribution in [2.45, 2.75) is 6.92 Å². The van der Waals surface area contributed by atoms with Gasteiger partial charge in [-0.05, 0) is 65.7 Å². The maximum Gasteiger partial charge on any atom is 0.0973 e. The summed E-state index contributed by atoms with van der Waals surface area (Å²) in [6.07, 6.45) is 7.96. The van der Waals surface area contributed by atoms with E-state index in [9.17, 15) is 0 Å². The molecule has 0 fully saturated rings. The molecule has 0 amide bonds. The van der Waals surface area contributed by atoms with Crippen LogP contribution in [0.15, 0.2) is 207 Å². The number of nitrogens with zero attached hydrogens (tertiary/aromatic N) is 4. The average molecular weight is 755 g/mol. The SMILES string of the molecule is C=C/C(=C\C=C/C)c1nc2c(-c3cccc(-n4c5ccccc5c5c6ccccc6c6c7ccccc7n(-c7ccccc7)c6c54)c3)cccc2nc1-c1ccccc1. The standard InChI is InChI=1S/C55H38N4/c1-3-5-20-36(4-2)51-52(37-21-8-6-9-22-37)56-46-32-19-31-41(53(46)57-51)38-23-18-26-40(35-38)59-48-34-17-15-30-45(48)50-43-28-13-12-27-42(43)49-44-29-14-16-33-47(44)58(54(49)55(50)59)39-24-10-7-11-25-39/h3-35H,2H2,1H3/b5-3-,36-20+. The summed E-state index contributed by atoms with van der Waals surface area (Å²) in [6, 6.07) is 62.9. The van der Waals surface area contributed by atoms with Crippen molar-refractivity contribution in [3.8, 4) is 33.8 Å². The predicted molar refractivity (Wildman–Crippen MR) is 250 cm³/mol. The molecule has 0 unspecified atom stereocenters. The van der Waals surface area contributed by atoms with Gasteiger partial charge in [-0.15, -0.1) is 0 Å². The van der Waals surface area contributed by atoms with Crippen molar-refractivity contribution < 1.29 is 0 Å². The first-order valence-corrected chi connectivity index (χ1v) is 20.1. The summed E-state index contributed by atoms with van der Waals surface area (Å²) < 4.78 is 4.94. The van der Waals surface area contributed by atoms with Crippen molar-refractivity contribution in [1.29, 1.82) is 0 Å². The lowest BCUT2D eigenvalue weighted by atomic mass is 9.98. The van der Waals surface area contributed by atoms with Crippen LogP contribution >= 0.6 is 0 Å². The van der Waals surface area contributed by atoms with E-state index in [1.165, 1.54) is 48.9 Å². The number of rotatable bonds is 7. The number of para-hydroxylation sites is 4. The summed E-state index contributed by atoms with van der Waals surface area (Å²) in [5, 5.41) is 7.44. The molecule has 59 heavy (non-hydrogen) atoms. The Morgan fingerprint density at radius 2 is 1.07 bits per heavy atom. The van der Waals surface area contributed by atoms with Crippen LogP contribution in [0.1, 0.15) is 12.6 Å². The fourth-order valence-corrected chi connectivity index (χ4v) is 9.07. The van der Waals surface area contributed by atoms with Gasteiger partial charge in [0.25, 0.3) is 0 Å². The minimum absolute atomic E-state index is 0.797. The van der Waals surface area contributed by atoms with Crippen molar-refractivity contribution in [1.82, 2.24) is 19.1 Å². The van der Waals surface area contributed by atoms with Crippen LogP contribution in [0.3, 0.4) is 0 Å². The molecule has 11 rings (SSSR count). The quantitative estimate of drug-likeness (QED) is 0.152. The predicted octanol–water partition coefficient (Wildman–Crippen LogP) is 14.5. The van der Waals surface area contributed by atoms with Gasteiger partial charge in [-0.1, -0.05) is 164 Å². The summed E-state index contributed by atoms with van der Waals surface area (Å²) in [4.78, 5) is 10.7. The van der Waals surface area contributed by atoms with E-state index in [4.69, 9.17) is 9.97 Å². The lowest BCUT2D eigenvalue weighted by Gasteiger charge is -2.16. The monoisotopic (exact) mass is 754 g/mol. The zero-order chi connectivity index (χ0) is 39.5. The van der Waals surface area contributed by atoms with Gasteiger partial charge < -0.3 is 9.13 Å². The summed E-state index contributed by atoms with van der Waals surface area (Å²) >= 11 is 0. The van der Waals surface area contributed by atoms with E-state index >= 15 is 0 Å². The highest BCUT2D eigenvalue weighted by Crippen LogP contribution is 2.47. The molecule has 0 aliphatic carbocycles. The lowest BCUT2D eigenvalue weighted by Crippen LogP contribution is -2.00. The smallest absolute Gasteiger partial charge is 0.0973 e. The molecule has 3 heterocycles. The van der Waals surface area contributed by atoms with Gasteiger partial charge in [0.15, 0.2) is 0 Å². The Morgan fingerprint density at radius 3 is 1.71 bits per heavy atom. The number of hydrogen-bond donors (Lipinski definition) is 0. The van der Waals surface area contributed by atoms with Crippen LogP contribution in [0.25, 0.3) is 105 Å². The number of aromatic nitrogens is 4. The molecule has 0 aliphatic heterocycles. The van der Waals surface area contributed by atoms with Crippen molar-refractivity contribution in [3.05, 3.63) is 213 Å². The van der Waals surface area contributed by atoms with E-state index < -0.39 is 0 Å². The zero-order valence-electron chi connectivity index (χ0n) is 32.5. The van der Waals surface area contributed by atoms with Crippen LogP contribution < -0.4 is 0 Å². The summed E-state index contributed by atoms with van der Waals surface area (Å²) in [5.74, 6) is 0. The Kier molecular flexibility index (Phi) is 8.16. The molecule has 0 saturated heterocycles. The fraction of sp³-hybridized carbons (Fsp3) is 0.0182. The Balaban J connectivity index is 1.24. The van der Waals surface area contributed by atoms with Gasteiger partial charge in [0, 0.05) is 49.6 Å². The van der Waals surface area contributed by atoms with Crippen LogP contribution in [0.2, 0.25) is 0 Å². The maximum absolute atomic E-state index is 5.44. The Hall–Kier alpha value is -7.82. The highest BCUT2D eigenvalue weighted by atomic mass is 15.0. The van der Waals surface area contributed by atoms with Crippen LogP contribution in [-0.2, 0) is 0 Å². The molecule has 278 valence electrons. The van der Waals surface area contributed by atoms with E-state index in [0.29, 0.717) is 0 Å². The molecule has 0 saturated carbocycles. The maximum atomic E-state index is 5.44. The molecule has 4 heteroatoms. The molecule has 3 aromatic heterocycles. The van der Waals surface area contributed by atoms with Crippen LogP contribution in [0.4, 0.5) is 0 Å². The molecule has 0 radical (unpaired) electrons. The number of fused-ring (bicyclic) bond motifs is 11. The van der Waals surface area contributed by atoms with Crippen molar-refractivity contribution in [2.24, 2.45) is 0 Å². The molecular weight excluding hydrogens is 717 g/mol. The molecule has 0 aliphatic rings. The van der Waals surface area contributed by atoms with E-state index in [0.717, 1.165) is 61.6 Å². The highest BCUT2D eigenvalue weighted by molar-refractivity contribution is 6.36. The van der Waals surface area contributed by atoms with Crippen molar-refractivity contribution in [2.75, 3.05) is 0 Å². The Bertz CT molecular complexity index is 3510. The van der Waals surface area contributed by atoms with Crippen LogP contribution in [0, 0.1) is 0 Å². The van der Waals surface area contributed by atoms with Crippen molar-refractivity contribution >= 4 is 71.0 Å². The molecule has 0 bridgehead atoms. The highest BCUT2D eigenvalue weighted by Gasteiger charge is 2.25. The number of hydrogen-bond acceptors (Lipinski definition) is 2. The first-order valence-electron chi connectivity index (χ1n) is 20.1. The normalized spacial score (nSPS) is 12.3. The van der Waals surface area contributed by atoms with Crippen LogP contribution in [0.5, 0.6) is 0 Å². The molecule has 8 aromatic carbocycles. The molecule has 11 aromatic rings. The number of benzene rings is 8. The molecule has 0 N–H and O–H groups in total. The molecular formula is C55H38N4. The average Bonchev–Trinajstić information content (AvgIpc) is 3.84. The van der Waals surface area contributed by atoms with Gasteiger partial charge in [0.2, 0.25) is 0 Å². The van der Waals surface area contributed by atoms with E-state index in [2.05, 4.69) is 180 Å². The largest absolute Gasteiger partial charge is 0.307 e. The third-order valence-corrected chi connectivity index (χ3v) is 11.6. The minimum Gasteiger partial charge on any atom is -0.307 e. The van der Waals surface area contributed by atoms with Gasteiger partial charge >= 0.3 is 0 Å². The number of allylic oxidation sites excluding steroid dienone is 5. The lowest BCUT2D eigenvalue weighted by molar-refractivity contribution is 1.15. The topological polar surface area (TPSA) is 35.6 Å². The summed E-state index contributed by atoms with van der Waals surface area (Å²) in [7, 11) is 0. The third kappa shape index (κ3) is 5.38. The minimum atomic E-state index is 0.797. The second kappa shape index (κ2) is 14.0. The molecule has 0 atom stereocenters. The first-order chi connectivity index (χ1) is 29.2. The third-order valence-electron chi connectivity index (χ3n) is 11.6. The van der Waals surface area contributed by atoms with Crippen LogP contribution in [-0.4, -0.2) is 19.1 Å². The van der Waals surface area contributed by atoms with E-state index in [1.54, 1.807) is 0 Å². The van der Waals surface area contributed by atoms with Gasteiger partial charge in [0.1, 0.15) is 0 Å². The van der Waals surface area contributed by atoms with E-state index in [-0.39, 0.29) is 0 Å². The summed E-state index contributed by atoms with van der Waals surface area (Å²) in [5.41, 5.74) is 14.2. The summed E-state index contributed by atoms with van der Waals surface area (Å²) in [6.45, 7) is 6.19. The molecule has 4 nitrogen and oxygen atoms in total. The fourth-order valence-electron chi connectivity index (χ4n) is 9.07. The van der Waals surface area contributed by atoms with Crippen molar-refractivity contribution in [3.63, 3.8) is 0 Å². The first kappa shape index (κ1) is 34.4. The van der Waals surface area contributed by atoms with Gasteiger partial charge in [-0.25, -0.2) is 9.97 Å². The second-order valence-electron chi connectivity index (χ2n) is 14.9. The Labute approximate surface area is 342 Å². The van der Waals surface area contributed by atoms with E-state index in [1.807, 2.05) is 43.4 Å². The zero-order valence-corrected chi connectivity index (χ0v) is 32.5. The van der Waals surface area contributed by atoms with Gasteiger partial charge in [0.05, 0.1) is 44.5 Å². The second-order valence-corrected chi connectivity index (χ2v) is 14.9. The van der Waals surface area contributed by atoms with Gasteiger partial charge in [-0.2, -0.15) is 0 Å².